The first-order valence-electron chi connectivity index (χ1n) is 7.71. The van der Waals surface area contributed by atoms with Crippen molar-refractivity contribution in [1.29, 1.82) is 0 Å². The van der Waals surface area contributed by atoms with Gasteiger partial charge in [0.2, 0.25) is 0 Å². The zero-order valence-electron chi connectivity index (χ0n) is 12.6. The Hall–Kier alpha value is -2.04. The molecule has 2 aromatic rings. The van der Waals surface area contributed by atoms with Crippen molar-refractivity contribution in [2.24, 2.45) is 5.92 Å². The zero-order chi connectivity index (χ0) is 16.8. The number of benzene rings is 2. The van der Waals surface area contributed by atoms with E-state index >= 15 is 0 Å². The third kappa shape index (κ3) is 2.38. The molecule has 0 amide bonds. The van der Waals surface area contributed by atoms with Gasteiger partial charge < -0.3 is 5.32 Å². The number of nitrogens with one attached hydrogen (secondary N) is 1. The van der Waals surface area contributed by atoms with Crippen LogP contribution in [0, 0.1) is 16.0 Å². The van der Waals surface area contributed by atoms with Gasteiger partial charge in [0.1, 0.15) is 0 Å². The Kier molecular flexibility index (Phi) is 3.74. The summed E-state index contributed by atoms with van der Waals surface area (Å²) in [6.07, 6.45) is 5.12. The quantitative estimate of drug-likeness (QED) is 0.422. The van der Waals surface area contributed by atoms with Crippen molar-refractivity contribution in [2.45, 2.75) is 18.4 Å². The van der Waals surface area contributed by atoms with Crippen molar-refractivity contribution < 1.29 is 4.92 Å². The van der Waals surface area contributed by atoms with Crippen LogP contribution < -0.4 is 5.32 Å². The number of halogens is 2. The van der Waals surface area contributed by atoms with Gasteiger partial charge in [-0.1, -0.05) is 53.6 Å². The van der Waals surface area contributed by atoms with E-state index in [1.165, 1.54) is 0 Å². The maximum Gasteiger partial charge on any atom is 0.274 e. The molecule has 0 spiro atoms. The molecule has 0 bridgehead atoms. The van der Waals surface area contributed by atoms with Gasteiger partial charge in [-0.25, -0.2) is 0 Å². The molecule has 4 rings (SSSR count). The predicted octanol–water partition coefficient (Wildman–Crippen LogP) is 5.73. The van der Waals surface area contributed by atoms with Crippen LogP contribution >= 0.6 is 23.2 Å². The SMILES string of the molecule is O=[N+]([O-])c1ccccc1[C@@H]1Nc2cc(Cl)cc(Cl)c2[C@H]2C=CC[C@H]21. The van der Waals surface area contributed by atoms with E-state index < -0.39 is 0 Å². The maximum atomic E-state index is 11.4. The lowest BCUT2D eigenvalue weighted by Gasteiger charge is -2.37. The highest BCUT2D eigenvalue weighted by atomic mass is 35.5. The summed E-state index contributed by atoms with van der Waals surface area (Å²) in [7, 11) is 0. The second kappa shape index (κ2) is 5.80. The van der Waals surface area contributed by atoms with Crippen LogP contribution in [0.25, 0.3) is 0 Å². The fourth-order valence-corrected chi connectivity index (χ4v) is 4.49. The highest BCUT2D eigenvalue weighted by molar-refractivity contribution is 6.35. The smallest absolute Gasteiger partial charge is 0.274 e. The number of anilines is 1. The van der Waals surface area contributed by atoms with E-state index in [1.807, 2.05) is 18.2 Å². The number of nitrogens with zero attached hydrogens (tertiary/aromatic N) is 1. The number of para-hydroxylation sites is 1. The molecule has 1 N–H and O–H groups in total. The van der Waals surface area contributed by atoms with Crippen molar-refractivity contribution in [2.75, 3.05) is 5.32 Å². The number of allylic oxidation sites excluding steroid dienone is 2. The van der Waals surface area contributed by atoms with E-state index in [9.17, 15) is 10.1 Å². The molecule has 1 aliphatic carbocycles. The summed E-state index contributed by atoms with van der Waals surface area (Å²) in [5, 5.41) is 16.1. The van der Waals surface area contributed by atoms with Gasteiger partial charge in [-0.15, -0.1) is 0 Å². The van der Waals surface area contributed by atoms with Gasteiger partial charge in [0, 0.05) is 33.3 Å². The molecule has 1 aliphatic heterocycles. The van der Waals surface area contributed by atoms with Crippen LogP contribution in [0.15, 0.2) is 48.6 Å². The fourth-order valence-electron chi connectivity index (χ4n) is 3.87. The average molecular weight is 361 g/mol. The Morgan fingerprint density at radius 2 is 2.00 bits per heavy atom. The zero-order valence-corrected chi connectivity index (χ0v) is 14.1. The first kappa shape index (κ1) is 15.5. The Morgan fingerprint density at radius 3 is 2.79 bits per heavy atom. The lowest BCUT2D eigenvalue weighted by atomic mass is 9.76. The second-order valence-corrected chi connectivity index (χ2v) is 6.98. The van der Waals surface area contributed by atoms with Crippen molar-refractivity contribution in [1.82, 2.24) is 0 Å². The van der Waals surface area contributed by atoms with Gasteiger partial charge in [0.05, 0.1) is 16.5 Å². The molecular formula is C18H14Cl2N2O2. The molecule has 4 nitrogen and oxygen atoms in total. The van der Waals surface area contributed by atoms with Crippen LogP contribution in [-0.2, 0) is 0 Å². The summed E-state index contributed by atoms with van der Waals surface area (Å²) in [4.78, 5) is 11.1. The third-order valence-electron chi connectivity index (χ3n) is 4.85. The molecule has 0 radical (unpaired) electrons. The summed E-state index contributed by atoms with van der Waals surface area (Å²) < 4.78 is 0. The minimum absolute atomic E-state index is 0.135. The first-order chi connectivity index (χ1) is 11.6. The number of rotatable bonds is 2. The monoisotopic (exact) mass is 360 g/mol. The molecule has 2 aliphatic rings. The standard InChI is InChI=1S/C18H14Cl2N2O2/c19-10-8-14(20)17-11-5-3-6-12(11)18(21-15(17)9-10)13-4-1-2-7-16(13)22(23)24/h1-5,7-9,11-12,18,21H,6H2/t11-,12+,18+/m0/s1. The summed E-state index contributed by atoms with van der Waals surface area (Å²) in [6.45, 7) is 0. The van der Waals surface area contributed by atoms with Crippen LogP contribution in [0.5, 0.6) is 0 Å². The number of hydrogen-bond donors (Lipinski definition) is 1. The van der Waals surface area contributed by atoms with Crippen LogP contribution in [0.2, 0.25) is 10.0 Å². The first-order valence-corrected chi connectivity index (χ1v) is 8.47. The molecule has 122 valence electrons. The molecular weight excluding hydrogens is 347 g/mol. The van der Waals surface area contributed by atoms with Crippen molar-refractivity contribution in [3.63, 3.8) is 0 Å². The Labute approximate surface area is 149 Å². The van der Waals surface area contributed by atoms with E-state index in [0.717, 1.165) is 17.7 Å². The predicted molar refractivity (Wildman–Crippen MR) is 95.9 cm³/mol. The van der Waals surface area contributed by atoms with E-state index in [0.29, 0.717) is 15.6 Å². The molecule has 3 atom stereocenters. The Bertz CT molecular complexity index is 866. The van der Waals surface area contributed by atoms with E-state index in [4.69, 9.17) is 23.2 Å². The van der Waals surface area contributed by atoms with Crippen molar-refractivity contribution in [3.05, 3.63) is 79.8 Å². The molecule has 0 fully saturated rings. The highest BCUT2D eigenvalue weighted by Gasteiger charge is 2.41. The molecule has 2 aromatic carbocycles. The Morgan fingerprint density at radius 1 is 1.21 bits per heavy atom. The number of fused-ring (bicyclic) bond motifs is 3. The van der Waals surface area contributed by atoms with Crippen LogP contribution in [0.3, 0.4) is 0 Å². The van der Waals surface area contributed by atoms with Crippen molar-refractivity contribution >= 4 is 34.6 Å². The number of nitro benzene ring substituents is 1. The van der Waals surface area contributed by atoms with Gasteiger partial charge in [0.25, 0.3) is 5.69 Å². The van der Waals surface area contributed by atoms with Crippen LogP contribution in [0.4, 0.5) is 11.4 Å². The Balaban J connectivity index is 1.86. The molecule has 0 saturated heterocycles. The average Bonchev–Trinajstić information content (AvgIpc) is 3.02. The van der Waals surface area contributed by atoms with Crippen LogP contribution in [-0.4, -0.2) is 4.92 Å². The second-order valence-electron chi connectivity index (χ2n) is 6.14. The fraction of sp³-hybridized carbons (Fsp3) is 0.222. The lowest BCUT2D eigenvalue weighted by Crippen LogP contribution is -2.29. The minimum Gasteiger partial charge on any atom is -0.377 e. The summed E-state index contributed by atoms with van der Waals surface area (Å²) in [5.41, 5.74) is 2.71. The van der Waals surface area contributed by atoms with Crippen molar-refractivity contribution in [3.8, 4) is 0 Å². The lowest BCUT2D eigenvalue weighted by molar-refractivity contribution is -0.385. The largest absolute Gasteiger partial charge is 0.377 e. The highest BCUT2D eigenvalue weighted by Crippen LogP contribution is 2.53. The summed E-state index contributed by atoms with van der Waals surface area (Å²) in [5.74, 6) is 0.327. The van der Waals surface area contributed by atoms with E-state index in [2.05, 4.69) is 17.5 Å². The molecule has 24 heavy (non-hydrogen) atoms. The van der Waals surface area contributed by atoms with Gasteiger partial charge >= 0.3 is 0 Å². The number of nitro groups is 1. The van der Waals surface area contributed by atoms with Gasteiger partial charge in [-0.3, -0.25) is 10.1 Å². The minimum atomic E-state index is -0.325. The normalized spacial score (nSPS) is 24.2. The van der Waals surface area contributed by atoms with Gasteiger partial charge in [-0.2, -0.15) is 0 Å². The summed E-state index contributed by atoms with van der Waals surface area (Å²) in [6, 6.07) is 10.3. The molecule has 6 heteroatoms. The third-order valence-corrected chi connectivity index (χ3v) is 5.38. The summed E-state index contributed by atoms with van der Waals surface area (Å²) >= 11 is 12.6. The van der Waals surface area contributed by atoms with E-state index in [-0.39, 0.29) is 28.5 Å². The van der Waals surface area contributed by atoms with Gasteiger partial charge in [0.15, 0.2) is 0 Å². The molecule has 0 aromatic heterocycles. The number of hydrogen-bond acceptors (Lipinski definition) is 3. The maximum absolute atomic E-state index is 11.4. The van der Waals surface area contributed by atoms with E-state index in [1.54, 1.807) is 18.2 Å². The molecule has 0 unspecified atom stereocenters. The molecule has 0 saturated carbocycles. The van der Waals surface area contributed by atoms with Crippen LogP contribution in [0.1, 0.15) is 29.5 Å². The molecule has 1 heterocycles. The topological polar surface area (TPSA) is 55.2 Å². The van der Waals surface area contributed by atoms with Gasteiger partial charge in [-0.05, 0) is 24.5 Å².